The Kier molecular flexibility index (Phi) is 2.13. The second-order valence-electron chi connectivity index (χ2n) is 5.99. The lowest BCUT2D eigenvalue weighted by Gasteiger charge is -2.13. The lowest BCUT2D eigenvalue weighted by molar-refractivity contribution is 0.255. The quantitative estimate of drug-likeness (QED) is 0.833. The molecular formula is C16H19NO. The molecule has 2 N–H and O–H groups in total. The minimum Gasteiger partial charge on any atom is -0.395 e. The Hall–Kier alpha value is -1.28. The standard InChI is InChI=1S/C16H19NO/c18-10-16(7-8-16)11-5-6-15-13(9-11)12-3-1-2-4-14(12)17-15/h5-6,9,17-18H,1-4,7-8,10H2. The molecule has 2 aliphatic carbocycles. The van der Waals surface area contributed by atoms with Crippen LogP contribution in [0.25, 0.3) is 10.9 Å². The Labute approximate surface area is 107 Å². The molecule has 0 bridgehead atoms. The topological polar surface area (TPSA) is 36.0 Å². The van der Waals surface area contributed by atoms with E-state index in [0.717, 1.165) is 12.8 Å². The largest absolute Gasteiger partial charge is 0.395 e. The Balaban J connectivity index is 1.89. The molecule has 0 atom stereocenters. The van der Waals surface area contributed by atoms with Gasteiger partial charge in [0.25, 0.3) is 0 Å². The Morgan fingerprint density at radius 1 is 1.17 bits per heavy atom. The average molecular weight is 241 g/mol. The van der Waals surface area contributed by atoms with E-state index in [-0.39, 0.29) is 5.41 Å². The number of aromatic nitrogens is 1. The molecule has 0 radical (unpaired) electrons. The van der Waals surface area contributed by atoms with E-state index in [1.807, 2.05) is 0 Å². The summed E-state index contributed by atoms with van der Waals surface area (Å²) in [5, 5.41) is 11.0. The van der Waals surface area contributed by atoms with E-state index in [9.17, 15) is 5.11 Å². The van der Waals surface area contributed by atoms with E-state index in [4.69, 9.17) is 0 Å². The van der Waals surface area contributed by atoms with Crippen LogP contribution in [0.5, 0.6) is 0 Å². The molecule has 1 heterocycles. The number of aliphatic hydroxyl groups is 1. The zero-order valence-electron chi connectivity index (χ0n) is 10.6. The summed E-state index contributed by atoms with van der Waals surface area (Å²) in [4.78, 5) is 3.57. The van der Waals surface area contributed by atoms with E-state index < -0.39 is 0 Å². The summed E-state index contributed by atoms with van der Waals surface area (Å²) in [6.45, 7) is 0.297. The number of aliphatic hydroxyl groups excluding tert-OH is 1. The first kappa shape index (κ1) is 10.6. The molecule has 0 aliphatic heterocycles. The highest BCUT2D eigenvalue weighted by Gasteiger charge is 2.43. The van der Waals surface area contributed by atoms with Crippen LogP contribution in [0.4, 0.5) is 0 Å². The normalized spacial score (nSPS) is 20.9. The highest BCUT2D eigenvalue weighted by Crippen LogP contribution is 2.48. The van der Waals surface area contributed by atoms with E-state index >= 15 is 0 Å². The van der Waals surface area contributed by atoms with Gasteiger partial charge in [0.15, 0.2) is 0 Å². The molecule has 94 valence electrons. The fourth-order valence-corrected chi connectivity index (χ4v) is 3.42. The van der Waals surface area contributed by atoms with Crippen molar-refractivity contribution in [2.75, 3.05) is 6.61 Å². The molecule has 2 heteroatoms. The van der Waals surface area contributed by atoms with Crippen LogP contribution < -0.4 is 0 Å². The van der Waals surface area contributed by atoms with Gasteiger partial charge < -0.3 is 10.1 Å². The first-order valence-electron chi connectivity index (χ1n) is 7.07. The van der Waals surface area contributed by atoms with Crippen molar-refractivity contribution in [2.24, 2.45) is 0 Å². The van der Waals surface area contributed by atoms with Gasteiger partial charge in [0, 0.05) is 22.0 Å². The second kappa shape index (κ2) is 3.61. The number of rotatable bonds is 2. The molecule has 0 spiro atoms. The summed E-state index contributed by atoms with van der Waals surface area (Å²) in [5.41, 5.74) is 5.69. The zero-order valence-corrected chi connectivity index (χ0v) is 10.6. The lowest BCUT2D eigenvalue weighted by Crippen LogP contribution is -2.11. The van der Waals surface area contributed by atoms with Crippen LogP contribution in [-0.2, 0) is 18.3 Å². The van der Waals surface area contributed by atoms with Gasteiger partial charge in [-0.15, -0.1) is 0 Å². The molecule has 2 nitrogen and oxygen atoms in total. The third kappa shape index (κ3) is 1.39. The highest BCUT2D eigenvalue weighted by molar-refractivity contribution is 5.86. The van der Waals surface area contributed by atoms with Crippen LogP contribution in [0, 0.1) is 0 Å². The van der Waals surface area contributed by atoms with Crippen LogP contribution in [0.3, 0.4) is 0 Å². The lowest BCUT2D eigenvalue weighted by atomic mass is 9.92. The summed E-state index contributed by atoms with van der Waals surface area (Å²) in [6.07, 6.45) is 7.32. The Morgan fingerprint density at radius 3 is 2.78 bits per heavy atom. The fraction of sp³-hybridized carbons (Fsp3) is 0.500. The SMILES string of the molecule is OCC1(c2ccc3[nH]c4c(c3c2)CCCC4)CC1. The smallest absolute Gasteiger partial charge is 0.0527 e. The van der Waals surface area contributed by atoms with Gasteiger partial charge in [0.05, 0.1) is 6.61 Å². The first-order valence-corrected chi connectivity index (χ1v) is 7.07. The molecule has 1 fully saturated rings. The molecule has 0 unspecified atom stereocenters. The highest BCUT2D eigenvalue weighted by atomic mass is 16.3. The summed E-state index contributed by atoms with van der Waals surface area (Å²) in [5.74, 6) is 0. The zero-order chi connectivity index (χ0) is 12.2. The van der Waals surface area contributed by atoms with Gasteiger partial charge >= 0.3 is 0 Å². The van der Waals surface area contributed by atoms with E-state index in [1.54, 1.807) is 0 Å². The average Bonchev–Trinajstić information content (AvgIpc) is 3.14. The van der Waals surface area contributed by atoms with Crippen molar-refractivity contribution >= 4 is 10.9 Å². The molecule has 18 heavy (non-hydrogen) atoms. The maximum absolute atomic E-state index is 9.56. The third-order valence-electron chi connectivity index (χ3n) is 4.87. The number of H-pyrrole nitrogens is 1. The minimum atomic E-state index is 0.0903. The van der Waals surface area contributed by atoms with Crippen molar-refractivity contribution in [1.82, 2.24) is 4.98 Å². The molecular weight excluding hydrogens is 222 g/mol. The van der Waals surface area contributed by atoms with Crippen LogP contribution in [0.15, 0.2) is 18.2 Å². The maximum Gasteiger partial charge on any atom is 0.0527 e. The van der Waals surface area contributed by atoms with Gasteiger partial charge in [-0.2, -0.15) is 0 Å². The number of fused-ring (bicyclic) bond motifs is 3. The van der Waals surface area contributed by atoms with Gasteiger partial charge in [0.2, 0.25) is 0 Å². The third-order valence-corrected chi connectivity index (χ3v) is 4.87. The van der Waals surface area contributed by atoms with Crippen molar-refractivity contribution in [2.45, 2.75) is 43.9 Å². The predicted molar refractivity (Wildman–Crippen MR) is 72.9 cm³/mol. The number of hydrogen-bond acceptors (Lipinski definition) is 1. The second-order valence-corrected chi connectivity index (χ2v) is 5.99. The monoisotopic (exact) mass is 241 g/mol. The molecule has 4 rings (SSSR count). The van der Waals surface area contributed by atoms with Gasteiger partial charge in [-0.3, -0.25) is 0 Å². The minimum absolute atomic E-state index is 0.0903. The molecule has 2 aromatic rings. The summed E-state index contributed by atoms with van der Waals surface area (Å²) in [7, 11) is 0. The molecule has 2 aliphatic rings. The number of aryl methyl sites for hydroxylation is 2. The summed E-state index contributed by atoms with van der Waals surface area (Å²) >= 11 is 0. The van der Waals surface area contributed by atoms with E-state index in [1.165, 1.54) is 53.4 Å². The maximum atomic E-state index is 9.56. The molecule has 0 amide bonds. The van der Waals surface area contributed by atoms with Crippen molar-refractivity contribution < 1.29 is 5.11 Å². The number of hydrogen-bond donors (Lipinski definition) is 2. The molecule has 1 aromatic carbocycles. The summed E-state index contributed by atoms with van der Waals surface area (Å²) < 4.78 is 0. The first-order chi connectivity index (χ1) is 8.82. The summed E-state index contributed by atoms with van der Waals surface area (Å²) in [6, 6.07) is 6.74. The van der Waals surface area contributed by atoms with Crippen molar-refractivity contribution in [1.29, 1.82) is 0 Å². The van der Waals surface area contributed by atoms with Gasteiger partial charge in [-0.25, -0.2) is 0 Å². The predicted octanol–water partition coefficient (Wildman–Crippen LogP) is 3.07. The van der Waals surface area contributed by atoms with E-state index in [0.29, 0.717) is 6.61 Å². The van der Waals surface area contributed by atoms with Crippen LogP contribution in [0.2, 0.25) is 0 Å². The Morgan fingerprint density at radius 2 is 2.00 bits per heavy atom. The van der Waals surface area contributed by atoms with Crippen molar-refractivity contribution in [3.8, 4) is 0 Å². The fourth-order valence-electron chi connectivity index (χ4n) is 3.42. The van der Waals surface area contributed by atoms with Gasteiger partial charge in [-0.05, 0) is 61.8 Å². The number of benzene rings is 1. The van der Waals surface area contributed by atoms with Crippen molar-refractivity contribution in [3.05, 3.63) is 35.0 Å². The van der Waals surface area contributed by atoms with E-state index in [2.05, 4.69) is 23.2 Å². The number of nitrogens with one attached hydrogen (secondary N) is 1. The van der Waals surface area contributed by atoms with Gasteiger partial charge in [0.1, 0.15) is 0 Å². The van der Waals surface area contributed by atoms with Crippen LogP contribution in [-0.4, -0.2) is 16.7 Å². The Bertz CT molecular complexity index is 607. The van der Waals surface area contributed by atoms with Crippen molar-refractivity contribution in [3.63, 3.8) is 0 Å². The van der Waals surface area contributed by atoms with Gasteiger partial charge in [-0.1, -0.05) is 6.07 Å². The van der Waals surface area contributed by atoms with Crippen LogP contribution in [0.1, 0.15) is 42.5 Å². The molecule has 1 saturated carbocycles. The molecule has 1 aromatic heterocycles. The molecule has 0 saturated heterocycles. The van der Waals surface area contributed by atoms with Crippen LogP contribution >= 0.6 is 0 Å². The number of aromatic amines is 1.